The summed E-state index contributed by atoms with van der Waals surface area (Å²) in [5.41, 5.74) is 1.54. The first-order valence-electron chi connectivity index (χ1n) is 6.35. The van der Waals surface area contributed by atoms with Crippen LogP contribution < -0.4 is 10.6 Å². The highest BCUT2D eigenvalue weighted by Gasteiger charge is 2.03. The van der Waals surface area contributed by atoms with Crippen LogP contribution in [-0.2, 0) is 11.4 Å². The van der Waals surface area contributed by atoms with Crippen molar-refractivity contribution >= 4 is 11.6 Å². The molecule has 0 heterocycles. The van der Waals surface area contributed by atoms with Gasteiger partial charge in [0.2, 0.25) is 5.91 Å². The van der Waals surface area contributed by atoms with Gasteiger partial charge in [0, 0.05) is 18.2 Å². The Balaban J connectivity index is 2.30. The Labute approximate surface area is 108 Å². The van der Waals surface area contributed by atoms with E-state index in [-0.39, 0.29) is 12.5 Å². The van der Waals surface area contributed by atoms with Crippen molar-refractivity contribution in [1.82, 2.24) is 5.32 Å². The first-order valence-corrected chi connectivity index (χ1v) is 6.35. The van der Waals surface area contributed by atoms with E-state index < -0.39 is 0 Å². The van der Waals surface area contributed by atoms with Crippen molar-refractivity contribution in [2.24, 2.45) is 0 Å². The molecule has 0 saturated heterocycles. The van der Waals surface area contributed by atoms with Crippen LogP contribution in [-0.4, -0.2) is 23.6 Å². The molecule has 1 amide bonds. The van der Waals surface area contributed by atoms with Crippen molar-refractivity contribution < 1.29 is 9.90 Å². The molecule has 0 fully saturated rings. The van der Waals surface area contributed by atoms with Crippen LogP contribution in [0.15, 0.2) is 24.3 Å². The van der Waals surface area contributed by atoms with Crippen LogP contribution in [0.5, 0.6) is 0 Å². The van der Waals surface area contributed by atoms with Gasteiger partial charge in [0.05, 0.1) is 6.61 Å². The molecule has 0 aliphatic carbocycles. The molecule has 0 atom stereocenters. The summed E-state index contributed by atoms with van der Waals surface area (Å²) in [7, 11) is 0. The molecule has 1 aromatic rings. The number of benzene rings is 1. The van der Waals surface area contributed by atoms with Crippen LogP contribution in [0.25, 0.3) is 0 Å². The number of carbonyl (C=O) groups excluding carboxylic acids is 1. The second kappa shape index (κ2) is 7.84. The van der Waals surface area contributed by atoms with Gasteiger partial charge in [-0.3, -0.25) is 4.79 Å². The molecule has 0 radical (unpaired) electrons. The SMILES string of the molecule is CC(C)NCCCC(=O)Nc1cccc(CO)c1. The van der Waals surface area contributed by atoms with Gasteiger partial charge in [-0.05, 0) is 30.7 Å². The quantitative estimate of drug-likeness (QED) is 0.648. The molecule has 100 valence electrons. The van der Waals surface area contributed by atoms with E-state index in [4.69, 9.17) is 5.11 Å². The maximum Gasteiger partial charge on any atom is 0.224 e. The predicted molar refractivity (Wildman–Crippen MR) is 73.4 cm³/mol. The third kappa shape index (κ3) is 5.80. The molecule has 0 unspecified atom stereocenters. The second-order valence-corrected chi connectivity index (χ2v) is 4.62. The number of aliphatic hydroxyl groups is 1. The molecule has 4 heteroatoms. The minimum absolute atomic E-state index is 0.00986. The summed E-state index contributed by atoms with van der Waals surface area (Å²) in [6.07, 6.45) is 1.33. The molecule has 1 rings (SSSR count). The summed E-state index contributed by atoms with van der Waals surface area (Å²) in [5, 5.41) is 15.1. The van der Waals surface area contributed by atoms with Crippen molar-refractivity contribution in [3.05, 3.63) is 29.8 Å². The first-order chi connectivity index (χ1) is 8.61. The van der Waals surface area contributed by atoms with E-state index in [0.29, 0.717) is 12.5 Å². The van der Waals surface area contributed by atoms with E-state index in [1.165, 1.54) is 0 Å². The topological polar surface area (TPSA) is 61.4 Å². The van der Waals surface area contributed by atoms with Gasteiger partial charge in [0.25, 0.3) is 0 Å². The summed E-state index contributed by atoms with van der Waals surface area (Å²) < 4.78 is 0. The number of amides is 1. The lowest BCUT2D eigenvalue weighted by atomic mass is 10.2. The van der Waals surface area contributed by atoms with Crippen LogP contribution in [0.2, 0.25) is 0 Å². The monoisotopic (exact) mass is 250 g/mol. The minimum Gasteiger partial charge on any atom is -0.392 e. The Morgan fingerprint density at radius 2 is 2.17 bits per heavy atom. The van der Waals surface area contributed by atoms with Gasteiger partial charge < -0.3 is 15.7 Å². The molecule has 0 aliphatic rings. The Bertz CT molecular complexity index is 378. The summed E-state index contributed by atoms with van der Waals surface area (Å²) >= 11 is 0. The van der Waals surface area contributed by atoms with Crippen LogP contribution in [0.1, 0.15) is 32.3 Å². The van der Waals surface area contributed by atoms with E-state index in [1.54, 1.807) is 6.07 Å². The Kier molecular flexibility index (Phi) is 6.39. The van der Waals surface area contributed by atoms with Crippen molar-refractivity contribution in [2.75, 3.05) is 11.9 Å². The van der Waals surface area contributed by atoms with Gasteiger partial charge in [-0.2, -0.15) is 0 Å². The zero-order valence-electron chi connectivity index (χ0n) is 11.1. The molecule has 4 nitrogen and oxygen atoms in total. The number of aliphatic hydroxyl groups excluding tert-OH is 1. The predicted octanol–water partition coefficient (Wildman–Crippen LogP) is 1.90. The summed E-state index contributed by atoms with van der Waals surface area (Å²) in [4.78, 5) is 11.7. The smallest absolute Gasteiger partial charge is 0.224 e. The van der Waals surface area contributed by atoms with Crippen LogP contribution >= 0.6 is 0 Å². The van der Waals surface area contributed by atoms with Gasteiger partial charge >= 0.3 is 0 Å². The normalized spacial score (nSPS) is 10.7. The third-order valence-electron chi connectivity index (χ3n) is 2.53. The van der Waals surface area contributed by atoms with Crippen LogP contribution in [0.3, 0.4) is 0 Å². The highest BCUT2D eigenvalue weighted by molar-refractivity contribution is 5.90. The van der Waals surface area contributed by atoms with Gasteiger partial charge in [-0.25, -0.2) is 0 Å². The van der Waals surface area contributed by atoms with Crippen molar-refractivity contribution in [2.45, 2.75) is 39.3 Å². The van der Waals surface area contributed by atoms with Crippen LogP contribution in [0.4, 0.5) is 5.69 Å². The zero-order valence-corrected chi connectivity index (χ0v) is 11.1. The summed E-state index contributed by atoms with van der Waals surface area (Å²) in [6, 6.07) is 7.70. The lowest BCUT2D eigenvalue weighted by Gasteiger charge is -2.08. The second-order valence-electron chi connectivity index (χ2n) is 4.62. The molecular weight excluding hydrogens is 228 g/mol. The molecular formula is C14H22N2O2. The molecule has 18 heavy (non-hydrogen) atoms. The number of rotatable bonds is 7. The number of anilines is 1. The van der Waals surface area contributed by atoms with Gasteiger partial charge in [-0.1, -0.05) is 26.0 Å². The third-order valence-corrected chi connectivity index (χ3v) is 2.53. The highest BCUT2D eigenvalue weighted by atomic mass is 16.3. The number of hydrogen-bond acceptors (Lipinski definition) is 3. The Morgan fingerprint density at radius 1 is 1.39 bits per heavy atom. The van der Waals surface area contributed by atoms with Crippen molar-refractivity contribution in [3.63, 3.8) is 0 Å². The van der Waals surface area contributed by atoms with Crippen LogP contribution in [0, 0.1) is 0 Å². The van der Waals surface area contributed by atoms with E-state index in [1.807, 2.05) is 18.2 Å². The van der Waals surface area contributed by atoms with Gasteiger partial charge in [0.15, 0.2) is 0 Å². The average Bonchev–Trinajstić information content (AvgIpc) is 2.34. The van der Waals surface area contributed by atoms with E-state index in [2.05, 4.69) is 24.5 Å². The van der Waals surface area contributed by atoms with E-state index >= 15 is 0 Å². The number of carbonyl (C=O) groups is 1. The number of nitrogens with one attached hydrogen (secondary N) is 2. The molecule has 0 aliphatic heterocycles. The lowest BCUT2D eigenvalue weighted by molar-refractivity contribution is -0.116. The molecule has 0 bridgehead atoms. The van der Waals surface area contributed by atoms with E-state index in [9.17, 15) is 4.79 Å². The molecule has 1 aromatic carbocycles. The Morgan fingerprint density at radius 3 is 2.83 bits per heavy atom. The Hall–Kier alpha value is -1.39. The maximum absolute atomic E-state index is 11.7. The average molecular weight is 250 g/mol. The van der Waals surface area contributed by atoms with Gasteiger partial charge in [-0.15, -0.1) is 0 Å². The molecule has 0 aromatic heterocycles. The fraction of sp³-hybridized carbons (Fsp3) is 0.500. The largest absolute Gasteiger partial charge is 0.392 e. The van der Waals surface area contributed by atoms with E-state index in [0.717, 1.165) is 24.2 Å². The first kappa shape index (κ1) is 14.7. The lowest BCUT2D eigenvalue weighted by Crippen LogP contribution is -2.24. The highest BCUT2D eigenvalue weighted by Crippen LogP contribution is 2.11. The fourth-order valence-electron chi connectivity index (χ4n) is 1.61. The fourth-order valence-corrected chi connectivity index (χ4v) is 1.61. The zero-order chi connectivity index (χ0) is 13.4. The van der Waals surface area contributed by atoms with Gasteiger partial charge in [0.1, 0.15) is 0 Å². The summed E-state index contributed by atoms with van der Waals surface area (Å²) in [6.45, 7) is 5.00. The summed E-state index contributed by atoms with van der Waals surface area (Å²) in [5.74, 6) is 0.00986. The molecule has 0 spiro atoms. The molecule has 3 N–H and O–H groups in total. The standard InChI is InChI=1S/C14H22N2O2/c1-11(2)15-8-4-7-14(18)16-13-6-3-5-12(9-13)10-17/h3,5-6,9,11,15,17H,4,7-8,10H2,1-2H3,(H,16,18). The minimum atomic E-state index is -0.0119. The molecule has 0 saturated carbocycles. The maximum atomic E-state index is 11.7. The number of hydrogen-bond donors (Lipinski definition) is 3. The van der Waals surface area contributed by atoms with Crippen molar-refractivity contribution in [3.8, 4) is 0 Å². The van der Waals surface area contributed by atoms with Crippen molar-refractivity contribution in [1.29, 1.82) is 0 Å².